The van der Waals surface area contributed by atoms with E-state index in [9.17, 15) is 18.7 Å². The summed E-state index contributed by atoms with van der Waals surface area (Å²) in [5.41, 5.74) is 2.74. The molecule has 8 nitrogen and oxygen atoms in total. The molecule has 0 radical (unpaired) electrons. The summed E-state index contributed by atoms with van der Waals surface area (Å²) in [6.45, 7) is 2.58. The van der Waals surface area contributed by atoms with Gasteiger partial charge in [-0.1, -0.05) is 36.4 Å². The largest absolute Gasteiger partial charge is 0.478 e. The summed E-state index contributed by atoms with van der Waals surface area (Å²) in [6.07, 6.45) is -2.42. The minimum atomic E-state index is -2.89. The van der Waals surface area contributed by atoms with E-state index in [0.717, 1.165) is 11.1 Å². The number of aromatic nitrogens is 3. The van der Waals surface area contributed by atoms with Crippen molar-refractivity contribution < 1.29 is 27.8 Å². The number of rotatable bonds is 8. The number of carbonyl (C=O) groups is 1. The summed E-state index contributed by atoms with van der Waals surface area (Å²) in [7, 11) is 0. The Bertz CT molecular complexity index is 1360. The Morgan fingerprint density at radius 3 is 2.56 bits per heavy atom. The summed E-state index contributed by atoms with van der Waals surface area (Å²) in [4.78, 5) is 19.4. The SMILES string of the molecule is CCOc1ccc(C(O)C(c2ccccc2)N2Cc3ccc(-c4nnc(C(F)F)o4)cc3C2=O)cn1. The molecule has 0 aliphatic carbocycles. The lowest BCUT2D eigenvalue weighted by atomic mass is 9.95. The van der Waals surface area contributed by atoms with Crippen molar-refractivity contribution in [3.63, 3.8) is 0 Å². The molecular weight excluding hydrogens is 470 g/mol. The van der Waals surface area contributed by atoms with E-state index in [4.69, 9.17) is 9.15 Å². The molecule has 2 atom stereocenters. The first-order chi connectivity index (χ1) is 17.5. The minimum Gasteiger partial charge on any atom is -0.478 e. The van der Waals surface area contributed by atoms with Crippen molar-refractivity contribution in [3.8, 4) is 17.3 Å². The molecule has 2 aromatic carbocycles. The van der Waals surface area contributed by atoms with Crippen LogP contribution < -0.4 is 4.74 Å². The fourth-order valence-corrected chi connectivity index (χ4v) is 4.29. The van der Waals surface area contributed by atoms with Gasteiger partial charge in [0.15, 0.2) is 0 Å². The molecule has 2 unspecified atom stereocenters. The highest BCUT2D eigenvalue weighted by atomic mass is 19.3. The molecule has 184 valence electrons. The van der Waals surface area contributed by atoms with Crippen LogP contribution in [0, 0.1) is 0 Å². The molecule has 0 spiro atoms. The van der Waals surface area contributed by atoms with Crippen LogP contribution in [0.25, 0.3) is 11.5 Å². The molecule has 0 saturated heterocycles. The van der Waals surface area contributed by atoms with Gasteiger partial charge in [0.25, 0.3) is 11.8 Å². The Morgan fingerprint density at radius 1 is 1.08 bits per heavy atom. The van der Waals surface area contributed by atoms with Crippen molar-refractivity contribution in [3.05, 3.63) is 95.0 Å². The first-order valence-corrected chi connectivity index (χ1v) is 11.3. The zero-order chi connectivity index (χ0) is 25.2. The van der Waals surface area contributed by atoms with Gasteiger partial charge >= 0.3 is 6.43 Å². The number of aliphatic hydroxyl groups excluding tert-OH is 1. The Kier molecular flexibility index (Phi) is 6.43. The molecule has 1 aliphatic rings. The van der Waals surface area contributed by atoms with Crippen molar-refractivity contribution >= 4 is 5.91 Å². The summed E-state index contributed by atoms with van der Waals surface area (Å²) < 4.78 is 36.2. The molecule has 1 aliphatic heterocycles. The van der Waals surface area contributed by atoms with E-state index < -0.39 is 24.5 Å². The molecular formula is C26H22F2N4O4. The van der Waals surface area contributed by atoms with Crippen molar-refractivity contribution in [2.24, 2.45) is 0 Å². The number of benzene rings is 2. The fraction of sp³-hybridized carbons (Fsp3) is 0.231. The zero-order valence-electron chi connectivity index (χ0n) is 19.2. The van der Waals surface area contributed by atoms with E-state index in [2.05, 4.69) is 15.2 Å². The maximum atomic E-state index is 13.6. The van der Waals surface area contributed by atoms with Gasteiger partial charge in [-0.05, 0) is 36.2 Å². The number of nitrogens with zero attached hydrogens (tertiary/aromatic N) is 4. The molecule has 10 heteroatoms. The van der Waals surface area contributed by atoms with E-state index >= 15 is 0 Å². The number of hydrogen-bond acceptors (Lipinski definition) is 7. The average Bonchev–Trinajstić information content (AvgIpc) is 3.51. The third kappa shape index (κ3) is 4.42. The van der Waals surface area contributed by atoms with E-state index in [1.165, 1.54) is 6.20 Å². The van der Waals surface area contributed by atoms with Gasteiger partial charge < -0.3 is 19.2 Å². The minimum absolute atomic E-state index is 0.0977. The lowest BCUT2D eigenvalue weighted by molar-refractivity contribution is 0.0359. The molecule has 0 fully saturated rings. The summed E-state index contributed by atoms with van der Waals surface area (Å²) in [5, 5.41) is 18.4. The van der Waals surface area contributed by atoms with Gasteiger partial charge in [-0.2, -0.15) is 8.78 Å². The van der Waals surface area contributed by atoms with E-state index in [-0.39, 0.29) is 18.3 Å². The molecule has 36 heavy (non-hydrogen) atoms. The maximum Gasteiger partial charge on any atom is 0.314 e. The quantitative estimate of drug-likeness (QED) is 0.373. The molecule has 2 aromatic heterocycles. The number of pyridine rings is 1. The number of amides is 1. The van der Waals surface area contributed by atoms with Gasteiger partial charge in [0.1, 0.15) is 6.10 Å². The fourth-order valence-electron chi connectivity index (χ4n) is 4.29. The Balaban J connectivity index is 1.48. The summed E-state index contributed by atoms with van der Waals surface area (Å²) in [5.74, 6) is -0.751. The Labute approximate surface area is 205 Å². The highest BCUT2D eigenvalue weighted by molar-refractivity contribution is 5.99. The first-order valence-electron chi connectivity index (χ1n) is 11.3. The van der Waals surface area contributed by atoms with Crippen molar-refractivity contribution in [2.75, 3.05) is 6.61 Å². The maximum absolute atomic E-state index is 13.6. The second-order valence-electron chi connectivity index (χ2n) is 8.21. The second-order valence-corrected chi connectivity index (χ2v) is 8.21. The van der Waals surface area contributed by atoms with E-state index in [1.807, 2.05) is 37.3 Å². The first kappa shape index (κ1) is 23.6. The van der Waals surface area contributed by atoms with Gasteiger partial charge in [-0.15, -0.1) is 10.2 Å². The molecule has 0 bridgehead atoms. The monoisotopic (exact) mass is 492 g/mol. The Morgan fingerprint density at radius 2 is 1.89 bits per heavy atom. The number of aliphatic hydroxyl groups is 1. The van der Waals surface area contributed by atoms with Gasteiger partial charge in [0.05, 0.1) is 12.6 Å². The third-order valence-electron chi connectivity index (χ3n) is 5.98. The van der Waals surface area contributed by atoms with Crippen LogP contribution in [0.4, 0.5) is 8.78 Å². The van der Waals surface area contributed by atoms with Gasteiger partial charge in [-0.3, -0.25) is 4.79 Å². The number of ether oxygens (including phenoxy) is 1. The standard InChI is InChI=1S/C26H22F2N4O4/c1-2-35-20-11-10-17(13-29-20)22(33)21(15-6-4-3-5-7-15)32-14-18-9-8-16(12-19(18)26(32)34)24-30-31-25(36-24)23(27)28/h3-13,21-23,33H,2,14H2,1H3. The van der Waals surface area contributed by atoms with Crippen LogP contribution in [-0.4, -0.2) is 37.7 Å². The van der Waals surface area contributed by atoms with Crippen LogP contribution >= 0.6 is 0 Å². The van der Waals surface area contributed by atoms with Crippen molar-refractivity contribution in [1.29, 1.82) is 0 Å². The lowest BCUT2D eigenvalue weighted by Gasteiger charge is -2.32. The number of halogens is 2. The highest BCUT2D eigenvalue weighted by Crippen LogP contribution is 2.40. The number of fused-ring (bicyclic) bond motifs is 1. The second kappa shape index (κ2) is 9.82. The molecule has 1 amide bonds. The predicted molar refractivity (Wildman–Crippen MR) is 124 cm³/mol. The van der Waals surface area contributed by atoms with E-state index in [1.54, 1.807) is 35.2 Å². The average molecular weight is 492 g/mol. The topological polar surface area (TPSA) is 102 Å². The normalized spacial score (nSPS) is 14.7. The lowest BCUT2D eigenvalue weighted by Crippen LogP contribution is -2.33. The van der Waals surface area contributed by atoms with Gasteiger partial charge in [0, 0.05) is 35.5 Å². The van der Waals surface area contributed by atoms with Crippen LogP contribution in [0.1, 0.15) is 58.4 Å². The summed E-state index contributed by atoms with van der Waals surface area (Å²) >= 11 is 0. The molecule has 4 aromatic rings. The summed E-state index contributed by atoms with van der Waals surface area (Å²) in [6, 6.07) is 16.8. The smallest absolute Gasteiger partial charge is 0.314 e. The van der Waals surface area contributed by atoms with Crippen molar-refractivity contribution in [2.45, 2.75) is 32.0 Å². The zero-order valence-corrected chi connectivity index (χ0v) is 19.2. The van der Waals surface area contributed by atoms with Crippen LogP contribution in [0.5, 0.6) is 5.88 Å². The van der Waals surface area contributed by atoms with Crippen LogP contribution in [0.15, 0.2) is 71.3 Å². The van der Waals surface area contributed by atoms with Crippen molar-refractivity contribution in [1.82, 2.24) is 20.1 Å². The van der Waals surface area contributed by atoms with E-state index in [0.29, 0.717) is 29.2 Å². The molecule has 3 heterocycles. The van der Waals surface area contributed by atoms with Gasteiger partial charge in [-0.25, -0.2) is 4.98 Å². The van der Waals surface area contributed by atoms with Gasteiger partial charge in [0.2, 0.25) is 11.8 Å². The number of alkyl halides is 2. The van der Waals surface area contributed by atoms with Crippen LogP contribution in [-0.2, 0) is 6.54 Å². The molecule has 5 rings (SSSR count). The van der Waals surface area contributed by atoms with Crippen LogP contribution in [0.3, 0.4) is 0 Å². The van der Waals surface area contributed by atoms with Crippen LogP contribution in [0.2, 0.25) is 0 Å². The number of hydrogen-bond donors (Lipinski definition) is 1. The molecule has 0 saturated carbocycles. The molecule has 1 N–H and O–H groups in total. The highest BCUT2D eigenvalue weighted by Gasteiger charge is 2.38. The third-order valence-corrected chi connectivity index (χ3v) is 5.98. The Hall–Kier alpha value is -4.18. The predicted octanol–water partition coefficient (Wildman–Crippen LogP) is 4.90. The number of carbonyl (C=O) groups excluding carboxylic acids is 1.